The molecule has 3 aromatic carbocycles. The fraction of sp³-hybridized carbons (Fsp3) is 0.136. The summed E-state index contributed by atoms with van der Waals surface area (Å²) in [4.78, 5) is 12.8. The second kappa shape index (κ2) is 9.72. The highest BCUT2D eigenvalue weighted by Gasteiger charge is 2.30. The Morgan fingerprint density at radius 2 is 1.50 bits per heavy atom. The maximum absolute atomic E-state index is 12.9. The minimum Gasteiger partial charge on any atom is -0.325 e. The van der Waals surface area contributed by atoms with Crippen molar-refractivity contribution >= 4 is 33.2 Å². The summed E-state index contributed by atoms with van der Waals surface area (Å²) in [6.45, 7) is 0. The van der Waals surface area contributed by atoms with Gasteiger partial charge in [0.05, 0.1) is 10.5 Å². The van der Waals surface area contributed by atoms with Gasteiger partial charge in [0.25, 0.3) is 0 Å². The monoisotopic (exact) mass is 482 g/mol. The Bertz CT molecular complexity index is 1170. The number of benzene rings is 3. The van der Waals surface area contributed by atoms with E-state index in [1.165, 1.54) is 24.3 Å². The lowest BCUT2D eigenvalue weighted by atomic mass is 10.1. The van der Waals surface area contributed by atoms with Crippen LogP contribution in [0.15, 0.2) is 83.8 Å². The molecule has 32 heavy (non-hydrogen) atoms. The van der Waals surface area contributed by atoms with Crippen molar-refractivity contribution in [3.63, 3.8) is 0 Å². The third-order valence-electron chi connectivity index (χ3n) is 4.50. The maximum atomic E-state index is 12.9. The first-order valence-corrected chi connectivity index (χ1v) is 11.2. The van der Waals surface area contributed by atoms with Gasteiger partial charge in [-0.15, -0.1) is 0 Å². The quantitative estimate of drug-likeness (QED) is 0.503. The Labute approximate surface area is 188 Å². The number of carbonyl (C=O) groups is 1. The van der Waals surface area contributed by atoms with E-state index < -0.39 is 33.7 Å². The Hall–Kier alpha value is -2.88. The number of alkyl halides is 3. The van der Waals surface area contributed by atoms with E-state index in [0.29, 0.717) is 10.6 Å². The average Bonchev–Trinajstić information content (AvgIpc) is 2.74. The van der Waals surface area contributed by atoms with E-state index in [-0.39, 0.29) is 17.0 Å². The molecule has 0 spiro atoms. The topological polar surface area (TPSA) is 75.3 Å². The molecule has 5 nitrogen and oxygen atoms in total. The molecule has 3 aromatic rings. The fourth-order valence-electron chi connectivity index (χ4n) is 2.88. The van der Waals surface area contributed by atoms with E-state index in [9.17, 15) is 26.4 Å². The van der Waals surface area contributed by atoms with Crippen molar-refractivity contribution in [3.8, 4) is 0 Å². The van der Waals surface area contributed by atoms with Gasteiger partial charge in [-0.3, -0.25) is 4.79 Å². The van der Waals surface area contributed by atoms with E-state index >= 15 is 0 Å². The largest absolute Gasteiger partial charge is 0.416 e. The molecule has 0 heterocycles. The minimum absolute atomic E-state index is 0.0279. The first kappa shape index (κ1) is 23.8. The second-order valence-electron chi connectivity index (χ2n) is 6.88. The van der Waals surface area contributed by atoms with E-state index in [2.05, 4.69) is 10.0 Å². The molecule has 0 unspecified atom stereocenters. The van der Waals surface area contributed by atoms with Gasteiger partial charge in [-0.05, 0) is 60.5 Å². The molecule has 2 N–H and O–H groups in total. The number of sulfonamides is 1. The van der Waals surface area contributed by atoms with Crippen molar-refractivity contribution in [1.29, 1.82) is 0 Å². The highest BCUT2D eigenvalue weighted by Crippen LogP contribution is 2.29. The van der Waals surface area contributed by atoms with E-state index in [4.69, 9.17) is 11.6 Å². The third-order valence-corrected chi connectivity index (χ3v) is 6.24. The van der Waals surface area contributed by atoms with Crippen molar-refractivity contribution in [2.45, 2.75) is 23.5 Å². The van der Waals surface area contributed by atoms with Crippen LogP contribution in [0.2, 0.25) is 5.02 Å². The number of hydrogen-bond donors (Lipinski definition) is 2. The summed E-state index contributed by atoms with van der Waals surface area (Å²) >= 11 is 5.81. The molecule has 3 rings (SSSR count). The van der Waals surface area contributed by atoms with E-state index in [1.807, 2.05) is 0 Å². The predicted octanol–water partition coefficient (Wildman–Crippen LogP) is 4.89. The smallest absolute Gasteiger partial charge is 0.325 e. The number of nitrogens with one attached hydrogen (secondary N) is 2. The fourth-order valence-corrected chi connectivity index (χ4v) is 4.20. The van der Waals surface area contributed by atoms with Gasteiger partial charge in [0, 0.05) is 10.7 Å². The Balaban J connectivity index is 1.83. The van der Waals surface area contributed by atoms with Gasteiger partial charge in [0.1, 0.15) is 6.04 Å². The van der Waals surface area contributed by atoms with Gasteiger partial charge >= 0.3 is 6.18 Å². The van der Waals surface area contributed by atoms with Crippen LogP contribution < -0.4 is 10.0 Å². The summed E-state index contributed by atoms with van der Waals surface area (Å²) < 4.78 is 66.2. The van der Waals surface area contributed by atoms with Crippen LogP contribution >= 0.6 is 11.6 Å². The lowest BCUT2D eigenvalue weighted by Gasteiger charge is -2.19. The molecule has 1 amide bonds. The zero-order chi connectivity index (χ0) is 23.4. The van der Waals surface area contributed by atoms with Crippen LogP contribution in [0.3, 0.4) is 0 Å². The minimum atomic E-state index is -4.51. The molecule has 168 valence electrons. The van der Waals surface area contributed by atoms with Gasteiger partial charge in [-0.25, -0.2) is 8.42 Å². The van der Waals surface area contributed by atoms with Crippen LogP contribution in [0.4, 0.5) is 18.9 Å². The van der Waals surface area contributed by atoms with Crippen molar-refractivity contribution in [2.75, 3.05) is 5.32 Å². The first-order valence-electron chi connectivity index (χ1n) is 9.34. The second-order valence-corrected chi connectivity index (χ2v) is 9.03. The first-order chi connectivity index (χ1) is 15.0. The van der Waals surface area contributed by atoms with Gasteiger partial charge in [-0.2, -0.15) is 17.9 Å². The zero-order valence-electron chi connectivity index (χ0n) is 16.4. The summed E-state index contributed by atoms with van der Waals surface area (Å²) in [7, 11) is -4.08. The van der Waals surface area contributed by atoms with E-state index in [1.54, 1.807) is 30.3 Å². The van der Waals surface area contributed by atoms with Crippen LogP contribution in [-0.2, 0) is 27.4 Å². The van der Waals surface area contributed by atoms with Crippen LogP contribution in [0, 0.1) is 0 Å². The molecular weight excluding hydrogens is 465 g/mol. The third kappa shape index (κ3) is 6.32. The molecule has 10 heteroatoms. The molecule has 0 saturated heterocycles. The summed E-state index contributed by atoms with van der Waals surface area (Å²) in [5, 5.41) is 2.82. The standard InChI is InChI=1S/C22H18ClF3N2O3S/c23-17-8-12-19(13-9-17)32(30,31)28-20(14-15-4-2-1-3-5-15)21(29)27-18-10-6-16(7-11-18)22(24,25)26/h1-13,20,28H,14H2,(H,27,29)/t20-/m0/s1. The molecule has 0 bridgehead atoms. The van der Waals surface area contributed by atoms with Gasteiger partial charge < -0.3 is 5.32 Å². The molecule has 0 fully saturated rings. The zero-order valence-corrected chi connectivity index (χ0v) is 18.0. The van der Waals surface area contributed by atoms with Gasteiger partial charge in [0.2, 0.25) is 15.9 Å². The number of rotatable bonds is 7. The predicted molar refractivity (Wildman–Crippen MR) is 116 cm³/mol. The van der Waals surface area contributed by atoms with Crippen LogP contribution in [0.5, 0.6) is 0 Å². The molecular formula is C22H18ClF3N2O3S. The summed E-state index contributed by atoms with van der Waals surface area (Å²) in [5.74, 6) is -0.717. The van der Waals surface area contributed by atoms with Crippen molar-refractivity contribution in [1.82, 2.24) is 4.72 Å². The number of amides is 1. The summed E-state index contributed by atoms with van der Waals surface area (Å²) in [6, 6.07) is 16.8. The SMILES string of the molecule is O=C(Nc1ccc(C(F)(F)F)cc1)[C@H](Cc1ccccc1)NS(=O)(=O)c1ccc(Cl)cc1. The molecule has 1 atom stereocenters. The highest BCUT2D eigenvalue weighted by molar-refractivity contribution is 7.89. The number of carbonyl (C=O) groups excluding carboxylic acids is 1. The van der Waals surface area contributed by atoms with Gasteiger partial charge in [-0.1, -0.05) is 41.9 Å². The number of anilines is 1. The Morgan fingerprint density at radius 1 is 0.906 bits per heavy atom. The average molecular weight is 483 g/mol. The lowest BCUT2D eigenvalue weighted by molar-refractivity contribution is -0.137. The van der Waals surface area contributed by atoms with Crippen molar-refractivity contribution in [3.05, 3.63) is 95.0 Å². The van der Waals surface area contributed by atoms with Crippen molar-refractivity contribution in [2.24, 2.45) is 0 Å². The Kier molecular flexibility index (Phi) is 7.22. The maximum Gasteiger partial charge on any atom is 0.416 e. The molecule has 0 saturated carbocycles. The number of hydrogen-bond acceptors (Lipinski definition) is 3. The lowest BCUT2D eigenvalue weighted by Crippen LogP contribution is -2.45. The Morgan fingerprint density at radius 3 is 2.06 bits per heavy atom. The van der Waals surface area contributed by atoms with Crippen molar-refractivity contribution < 1.29 is 26.4 Å². The van der Waals surface area contributed by atoms with Crippen LogP contribution in [0.1, 0.15) is 11.1 Å². The summed E-state index contributed by atoms with van der Waals surface area (Å²) in [6.07, 6.45) is -4.48. The molecule has 0 aromatic heterocycles. The van der Waals surface area contributed by atoms with Crippen LogP contribution in [0.25, 0.3) is 0 Å². The molecule has 0 aliphatic heterocycles. The molecule has 0 aliphatic carbocycles. The number of halogens is 4. The van der Waals surface area contributed by atoms with Crippen LogP contribution in [-0.4, -0.2) is 20.4 Å². The normalized spacial score (nSPS) is 12.9. The van der Waals surface area contributed by atoms with Gasteiger partial charge in [0.15, 0.2) is 0 Å². The summed E-state index contributed by atoms with van der Waals surface area (Å²) in [5.41, 5.74) is -0.0644. The highest BCUT2D eigenvalue weighted by atomic mass is 35.5. The molecule has 0 aliphatic rings. The van der Waals surface area contributed by atoms with E-state index in [0.717, 1.165) is 24.3 Å². The molecule has 0 radical (unpaired) electrons.